The molecule has 2 saturated heterocycles. The summed E-state index contributed by atoms with van der Waals surface area (Å²) < 4.78 is 20.1. The Morgan fingerprint density at radius 2 is 1.92 bits per heavy atom. The Bertz CT molecular complexity index is 996. The molecule has 36 heavy (non-hydrogen) atoms. The summed E-state index contributed by atoms with van der Waals surface area (Å²) in [5.74, 6) is -0.468. The number of Topliss-reactive ketones (excluding diaryl/α,β-unsaturated/α-hetero) is 1. The van der Waals surface area contributed by atoms with Crippen molar-refractivity contribution in [1.29, 1.82) is 0 Å². The highest BCUT2D eigenvalue weighted by Crippen LogP contribution is 2.40. The third kappa shape index (κ3) is 6.84. The van der Waals surface area contributed by atoms with E-state index >= 15 is 0 Å². The summed E-state index contributed by atoms with van der Waals surface area (Å²) in [6, 6.07) is 5.99. The predicted molar refractivity (Wildman–Crippen MR) is 139 cm³/mol. The number of halogens is 1. The number of thioether (sulfide) groups is 1. The number of rotatable bonds is 9. The van der Waals surface area contributed by atoms with Crippen LogP contribution in [0.3, 0.4) is 0 Å². The first-order valence-electron chi connectivity index (χ1n) is 13.1. The van der Waals surface area contributed by atoms with E-state index in [0.29, 0.717) is 38.3 Å². The van der Waals surface area contributed by atoms with Crippen LogP contribution in [0.2, 0.25) is 0 Å². The molecule has 2 heterocycles. The summed E-state index contributed by atoms with van der Waals surface area (Å²) in [5, 5.41) is 0.112. The average molecular weight is 517 g/mol. The number of piperidine rings is 2. The molecule has 4 rings (SSSR count). The third-order valence-electron chi connectivity index (χ3n) is 7.34. The van der Waals surface area contributed by atoms with Gasteiger partial charge < -0.3 is 4.74 Å². The fourth-order valence-electron chi connectivity index (χ4n) is 5.37. The number of esters is 1. The molecule has 8 heteroatoms. The van der Waals surface area contributed by atoms with Gasteiger partial charge in [-0.15, -0.1) is 0 Å². The average Bonchev–Trinajstić information content (AvgIpc) is 3.71. The van der Waals surface area contributed by atoms with Crippen molar-refractivity contribution in [3.63, 3.8) is 0 Å². The van der Waals surface area contributed by atoms with Crippen LogP contribution in [0.5, 0.6) is 0 Å². The Kier molecular flexibility index (Phi) is 9.36. The van der Waals surface area contributed by atoms with Gasteiger partial charge in [0.05, 0.1) is 18.6 Å². The molecule has 2 aliphatic heterocycles. The summed E-state index contributed by atoms with van der Waals surface area (Å²) in [6.07, 6.45) is 6.43. The minimum Gasteiger partial charge on any atom is -0.466 e. The van der Waals surface area contributed by atoms with Gasteiger partial charge in [-0.05, 0) is 57.2 Å². The maximum Gasteiger partial charge on any atom is 0.310 e. The first kappa shape index (κ1) is 27.0. The molecule has 0 amide bonds. The number of ketones is 1. The molecule has 1 aromatic rings. The quantitative estimate of drug-likeness (QED) is 0.356. The molecule has 0 spiro atoms. The van der Waals surface area contributed by atoms with Crippen molar-refractivity contribution in [3.05, 3.63) is 47.3 Å². The first-order valence-corrected chi connectivity index (χ1v) is 14.0. The van der Waals surface area contributed by atoms with Crippen LogP contribution in [0.4, 0.5) is 4.39 Å². The molecule has 3 aliphatic rings. The van der Waals surface area contributed by atoms with Crippen LogP contribution in [0, 0.1) is 17.7 Å². The third-order valence-corrected chi connectivity index (χ3v) is 8.49. The van der Waals surface area contributed by atoms with E-state index < -0.39 is 6.04 Å². The lowest BCUT2D eigenvalue weighted by atomic mass is 9.93. The monoisotopic (exact) mass is 516 g/mol. The number of nitrogens with zero attached hydrogens (tertiary/aromatic N) is 2. The van der Waals surface area contributed by atoms with Gasteiger partial charge in [0.15, 0.2) is 10.9 Å². The van der Waals surface area contributed by atoms with Crippen molar-refractivity contribution in [3.8, 4) is 0 Å². The molecule has 3 fully saturated rings. The lowest BCUT2D eigenvalue weighted by Crippen LogP contribution is -2.44. The molecular formula is C28H37FN2O4S. The van der Waals surface area contributed by atoms with Crippen LogP contribution in [-0.4, -0.2) is 71.2 Å². The van der Waals surface area contributed by atoms with Gasteiger partial charge in [-0.3, -0.25) is 24.2 Å². The summed E-state index contributed by atoms with van der Waals surface area (Å²) in [6.45, 7) is 7.21. The number of hydrogen-bond donors (Lipinski definition) is 0. The van der Waals surface area contributed by atoms with Gasteiger partial charge in [-0.1, -0.05) is 36.0 Å². The Hall–Kier alpha value is -2.03. The summed E-state index contributed by atoms with van der Waals surface area (Å²) in [7, 11) is 0. The number of carbonyl (C=O) groups is 3. The van der Waals surface area contributed by atoms with E-state index in [0.717, 1.165) is 44.2 Å². The highest BCUT2D eigenvalue weighted by Gasteiger charge is 2.41. The fraction of sp³-hybridized carbons (Fsp3) is 0.607. The van der Waals surface area contributed by atoms with Crippen LogP contribution in [0.1, 0.15) is 57.6 Å². The molecule has 1 aromatic carbocycles. The van der Waals surface area contributed by atoms with E-state index in [1.165, 1.54) is 17.8 Å². The van der Waals surface area contributed by atoms with E-state index in [1.54, 1.807) is 25.1 Å². The zero-order chi connectivity index (χ0) is 25.7. The Morgan fingerprint density at radius 3 is 2.61 bits per heavy atom. The summed E-state index contributed by atoms with van der Waals surface area (Å²) >= 11 is 1.34. The van der Waals surface area contributed by atoms with Crippen molar-refractivity contribution >= 4 is 28.6 Å². The van der Waals surface area contributed by atoms with Crippen molar-refractivity contribution in [1.82, 2.24) is 9.80 Å². The minimum absolute atomic E-state index is 0.0134. The number of likely N-dealkylation sites (tertiary alicyclic amines) is 2. The second-order valence-corrected chi connectivity index (χ2v) is 11.5. The molecule has 0 radical (unpaired) electrons. The summed E-state index contributed by atoms with van der Waals surface area (Å²) in [5.41, 5.74) is 1.55. The van der Waals surface area contributed by atoms with Crippen molar-refractivity contribution in [2.75, 3.05) is 39.3 Å². The lowest BCUT2D eigenvalue weighted by molar-refractivity contribution is -0.149. The second-order valence-electron chi connectivity index (χ2n) is 10.1. The number of carbonyl (C=O) groups excluding carboxylic acids is 3. The van der Waals surface area contributed by atoms with E-state index in [1.807, 2.05) is 6.92 Å². The van der Waals surface area contributed by atoms with Crippen molar-refractivity contribution in [2.45, 2.75) is 57.2 Å². The predicted octanol–water partition coefficient (Wildman–Crippen LogP) is 4.40. The highest BCUT2D eigenvalue weighted by molar-refractivity contribution is 8.14. The van der Waals surface area contributed by atoms with Gasteiger partial charge in [0, 0.05) is 49.8 Å². The van der Waals surface area contributed by atoms with E-state index in [9.17, 15) is 18.8 Å². The highest BCUT2D eigenvalue weighted by atomic mass is 32.2. The second kappa shape index (κ2) is 12.5. The molecule has 1 aliphatic carbocycles. The molecule has 0 N–H and O–H groups in total. The standard InChI is InChI=1S/C28H37FN2O4S/c1-3-35-28(34)22-7-6-14-30(17-22)15-12-21-18-31(16-13-25(21)36-19(2)32)26(27(33)20-10-11-20)23-8-4-5-9-24(23)29/h4-5,8-9,12,20,22,25-26H,3,6-7,10-11,13-18H2,1-2H3/b21-12-. The molecule has 0 bridgehead atoms. The molecule has 3 atom stereocenters. The Labute approximate surface area is 217 Å². The minimum atomic E-state index is -0.603. The van der Waals surface area contributed by atoms with Crippen molar-refractivity contribution < 1.29 is 23.5 Å². The van der Waals surface area contributed by atoms with Gasteiger partial charge in [-0.2, -0.15) is 0 Å². The zero-order valence-corrected chi connectivity index (χ0v) is 22.1. The van der Waals surface area contributed by atoms with Gasteiger partial charge in [-0.25, -0.2) is 4.39 Å². The van der Waals surface area contributed by atoms with Crippen LogP contribution >= 0.6 is 11.8 Å². The molecule has 3 unspecified atom stereocenters. The lowest BCUT2D eigenvalue weighted by Gasteiger charge is -2.39. The maximum absolute atomic E-state index is 14.8. The molecule has 0 aromatic heterocycles. The van der Waals surface area contributed by atoms with Gasteiger partial charge >= 0.3 is 5.97 Å². The molecule has 6 nitrogen and oxygen atoms in total. The SMILES string of the molecule is CCOC(=O)C1CCCN(C/C=C2/CN(C(C(=O)C3CC3)c3ccccc3F)CCC2SC(C)=O)C1. The number of hydrogen-bond acceptors (Lipinski definition) is 7. The van der Waals surface area contributed by atoms with Crippen molar-refractivity contribution in [2.24, 2.45) is 11.8 Å². The van der Waals surface area contributed by atoms with E-state index in [2.05, 4.69) is 15.9 Å². The Morgan fingerprint density at radius 1 is 1.14 bits per heavy atom. The smallest absolute Gasteiger partial charge is 0.310 e. The largest absolute Gasteiger partial charge is 0.466 e. The molecular weight excluding hydrogens is 479 g/mol. The molecule has 196 valence electrons. The van der Waals surface area contributed by atoms with Crippen LogP contribution in [0.25, 0.3) is 0 Å². The fourth-order valence-corrected chi connectivity index (χ4v) is 6.32. The van der Waals surface area contributed by atoms with E-state index in [-0.39, 0.29) is 39.8 Å². The zero-order valence-electron chi connectivity index (χ0n) is 21.3. The maximum atomic E-state index is 14.8. The topological polar surface area (TPSA) is 66.9 Å². The normalized spacial score (nSPS) is 25.5. The van der Waals surface area contributed by atoms with Crippen LogP contribution < -0.4 is 0 Å². The van der Waals surface area contributed by atoms with Gasteiger partial charge in [0.25, 0.3) is 0 Å². The number of ether oxygens (including phenoxy) is 1. The van der Waals surface area contributed by atoms with Crippen LogP contribution in [0.15, 0.2) is 35.9 Å². The van der Waals surface area contributed by atoms with E-state index in [4.69, 9.17) is 4.74 Å². The number of benzene rings is 1. The summed E-state index contributed by atoms with van der Waals surface area (Å²) in [4.78, 5) is 41.9. The van der Waals surface area contributed by atoms with Crippen LogP contribution in [-0.2, 0) is 19.1 Å². The Balaban J connectivity index is 1.52. The molecule has 1 saturated carbocycles. The van der Waals surface area contributed by atoms with Gasteiger partial charge in [0.1, 0.15) is 5.82 Å². The van der Waals surface area contributed by atoms with Gasteiger partial charge in [0.2, 0.25) is 0 Å². The first-order chi connectivity index (χ1) is 17.4.